The van der Waals surface area contributed by atoms with Crippen molar-refractivity contribution < 1.29 is 19.0 Å². The molecule has 0 radical (unpaired) electrons. The average molecular weight is 426 g/mol. The number of hydrogen-bond donors (Lipinski definition) is 1. The summed E-state index contributed by atoms with van der Waals surface area (Å²) in [4.78, 5) is 12.2. The van der Waals surface area contributed by atoms with Crippen LogP contribution in [0, 0.1) is 0 Å². The van der Waals surface area contributed by atoms with Crippen LogP contribution >= 0.6 is 11.8 Å². The number of hydrogen-bond acceptors (Lipinski definition) is 7. The molecule has 0 saturated heterocycles. The highest BCUT2D eigenvalue weighted by Gasteiger charge is 2.09. The van der Waals surface area contributed by atoms with E-state index in [0.29, 0.717) is 28.8 Å². The molecular weight excluding hydrogens is 402 g/mol. The van der Waals surface area contributed by atoms with E-state index in [4.69, 9.17) is 14.2 Å². The number of nitrogens with zero attached hydrogens (tertiary/aromatic N) is 2. The Labute approximate surface area is 179 Å². The number of methoxy groups -OCH3 is 2. The van der Waals surface area contributed by atoms with E-state index in [0.717, 1.165) is 17.0 Å². The summed E-state index contributed by atoms with van der Waals surface area (Å²) in [6.07, 6.45) is 0. The smallest absolute Gasteiger partial charge is 0.234 e. The van der Waals surface area contributed by atoms with Crippen molar-refractivity contribution in [2.24, 2.45) is 0 Å². The molecule has 156 valence electrons. The molecule has 2 aromatic carbocycles. The molecule has 1 heterocycles. The predicted octanol–water partition coefficient (Wildman–Crippen LogP) is 4.29. The normalized spacial score (nSPS) is 10.4. The van der Waals surface area contributed by atoms with Gasteiger partial charge in [0.05, 0.1) is 32.3 Å². The predicted molar refractivity (Wildman–Crippen MR) is 118 cm³/mol. The zero-order chi connectivity index (χ0) is 21.3. The molecule has 0 aliphatic carbocycles. The molecule has 0 atom stereocenters. The highest BCUT2D eigenvalue weighted by Crippen LogP contribution is 2.31. The lowest BCUT2D eigenvalue weighted by Crippen LogP contribution is -2.14. The lowest BCUT2D eigenvalue weighted by atomic mass is 10.1. The fraction of sp³-hybridized carbons (Fsp3) is 0.227. The fourth-order valence-corrected chi connectivity index (χ4v) is 3.30. The van der Waals surface area contributed by atoms with Crippen molar-refractivity contribution in [3.63, 3.8) is 0 Å². The van der Waals surface area contributed by atoms with Gasteiger partial charge in [-0.1, -0.05) is 11.8 Å². The first-order valence-corrected chi connectivity index (χ1v) is 10.3. The molecule has 0 saturated carbocycles. The Kier molecular flexibility index (Phi) is 7.51. The van der Waals surface area contributed by atoms with Crippen LogP contribution in [0.2, 0.25) is 0 Å². The molecule has 0 aliphatic heterocycles. The van der Waals surface area contributed by atoms with E-state index < -0.39 is 0 Å². The van der Waals surface area contributed by atoms with E-state index in [2.05, 4.69) is 15.5 Å². The second kappa shape index (κ2) is 10.5. The summed E-state index contributed by atoms with van der Waals surface area (Å²) >= 11 is 1.32. The molecule has 0 unspecified atom stereocenters. The van der Waals surface area contributed by atoms with Crippen LogP contribution < -0.4 is 19.5 Å². The number of aromatic nitrogens is 2. The van der Waals surface area contributed by atoms with Crippen molar-refractivity contribution in [2.75, 3.05) is 31.9 Å². The van der Waals surface area contributed by atoms with Gasteiger partial charge in [-0.05, 0) is 61.5 Å². The molecule has 8 heteroatoms. The Morgan fingerprint density at radius 1 is 0.967 bits per heavy atom. The largest absolute Gasteiger partial charge is 0.494 e. The van der Waals surface area contributed by atoms with Gasteiger partial charge >= 0.3 is 0 Å². The summed E-state index contributed by atoms with van der Waals surface area (Å²) in [6, 6.07) is 16.5. The van der Waals surface area contributed by atoms with Crippen LogP contribution in [-0.2, 0) is 4.79 Å². The van der Waals surface area contributed by atoms with Crippen LogP contribution in [-0.4, -0.2) is 42.7 Å². The van der Waals surface area contributed by atoms with Gasteiger partial charge in [-0.25, -0.2) is 0 Å². The number of thioether (sulfide) groups is 1. The zero-order valence-corrected chi connectivity index (χ0v) is 17.9. The zero-order valence-electron chi connectivity index (χ0n) is 17.0. The van der Waals surface area contributed by atoms with Crippen LogP contribution in [0.3, 0.4) is 0 Å². The van der Waals surface area contributed by atoms with E-state index in [1.807, 2.05) is 61.5 Å². The molecule has 1 aromatic heterocycles. The minimum Gasteiger partial charge on any atom is -0.494 e. The summed E-state index contributed by atoms with van der Waals surface area (Å²) in [7, 11) is 3.18. The minimum atomic E-state index is -0.116. The molecule has 7 nitrogen and oxygen atoms in total. The fourth-order valence-electron chi connectivity index (χ4n) is 2.68. The van der Waals surface area contributed by atoms with Crippen molar-refractivity contribution in [1.82, 2.24) is 10.2 Å². The Morgan fingerprint density at radius 2 is 1.73 bits per heavy atom. The highest BCUT2D eigenvalue weighted by molar-refractivity contribution is 7.99. The quantitative estimate of drug-likeness (QED) is 0.512. The molecule has 3 rings (SSSR count). The van der Waals surface area contributed by atoms with Crippen molar-refractivity contribution in [2.45, 2.75) is 11.9 Å². The Hall–Kier alpha value is -3.26. The number of amides is 1. The van der Waals surface area contributed by atoms with E-state index in [-0.39, 0.29) is 11.7 Å². The van der Waals surface area contributed by atoms with Crippen molar-refractivity contribution >= 4 is 23.4 Å². The number of carbonyl (C=O) groups is 1. The van der Waals surface area contributed by atoms with Gasteiger partial charge in [-0.3, -0.25) is 4.79 Å². The molecule has 3 aromatic rings. The number of rotatable bonds is 9. The van der Waals surface area contributed by atoms with Crippen LogP contribution in [0.5, 0.6) is 17.2 Å². The number of nitrogens with one attached hydrogen (secondary N) is 1. The van der Waals surface area contributed by atoms with Gasteiger partial charge in [0.25, 0.3) is 0 Å². The summed E-state index contributed by atoms with van der Waals surface area (Å²) in [5.41, 5.74) is 2.29. The lowest BCUT2D eigenvalue weighted by Gasteiger charge is -2.09. The second-order valence-electron chi connectivity index (χ2n) is 6.12. The van der Waals surface area contributed by atoms with Crippen molar-refractivity contribution in [1.29, 1.82) is 0 Å². The van der Waals surface area contributed by atoms with Gasteiger partial charge in [-0.15, -0.1) is 10.2 Å². The highest BCUT2D eigenvalue weighted by atomic mass is 32.2. The maximum Gasteiger partial charge on any atom is 0.234 e. The Morgan fingerprint density at radius 3 is 2.37 bits per heavy atom. The SMILES string of the molecule is CCOc1ccc(NC(=O)CSc2ccc(-c3ccc(OC)c(OC)c3)nn2)cc1. The molecule has 30 heavy (non-hydrogen) atoms. The second-order valence-corrected chi connectivity index (χ2v) is 7.12. The topological polar surface area (TPSA) is 82.6 Å². The first-order valence-electron chi connectivity index (χ1n) is 9.34. The third kappa shape index (κ3) is 5.64. The van der Waals surface area contributed by atoms with E-state index >= 15 is 0 Å². The average Bonchev–Trinajstić information content (AvgIpc) is 2.79. The summed E-state index contributed by atoms with van der Waals surface area (Å²) < 4.78 is 16.0. The maximum atomic E-state index is 12.2. The van der Waals surface area contributed by atoms with Gasteiger partial charge in [0.15, 0.2) is 11.5 Å². The number of ether oxygens (including phenoxy) is 3. The molecule has 0 bridgehead atoms. The van der Waals surface area contributed by atoms with Gasteiger partial charge in [0.1, 0.15) is 10.8 Å². The summed E-state index contributed by atoms with van der Waals surface area (Å²) in [5.74, 6) is 2.17. The summed E-state index contributed by atoms with van der Waals surface area (Å²) in [6.45, 7) is 2.53. The third-order valence-corrected chi connectivity index (χ3v) is 5.04. The Bertz CT molecular complexity index is 979. The van der Waals surface area contributed by atoms with Gasteiger partial charge in [-0.2, -0.15) is 0 Å². The Balaban J connectivity index is 1.56. The first kappa shape index (κ1) is 21.4. The third-order valence-electron chi connectivity index (χ3n) is 4.12. The lowest BCUT2D eigenvalue weighted by molar-refractivity contribution is -0.113. The van der Waals surface area contributed by atoms with Crippen LogP contribution in [0.1, 0.15) is 6.92 Å². The monoisotopic (exact) mass is 425 g/mol. The van der Waals surface area contributed by atoms with Gasteiger partial charge in [0, 0.05) is 11.3 Å². The maximum absolute atomic E-state index is 12.2. The molecule has 0 fully saturated rings. The van der Waals surface area contributed by atoms with E-state index in [9.17, 15) is 4.79 Å². The number of anilines is 1. The molecule has 0 aliphatic rings. The van der Waals surface area contributed by atoms with Crippen LogP contribution in [0.4, 0.5) is 5.69 Å². The van der Waals surface area contributed by atoms with Crippen molar-refractivity contribution in [3.05, 3.63) is 54.6 Å². The van der Waals surface area contributed by atoms with Crippen molar-refractivity contribution in [3.8, 4) is 28.5 Å². The summed E-state index contributed by atoms with van der Waals surface area (Å²) in [5, 5.41) is 12.0. The van der Waals surface area contributed by atoms with Gasteiger partial charge < -0.3 is 19.5 Å². The molecule has 1 amide bonds. The minimum absolute atomic E-state index is 0.116. The molecular formula is C22H23N3O4S. The van der Waals surface area contributed by atoms with Gasteiger partial charge in [0.2, 0.25) is 5.91 Å². The first-order chi connectivity index (χ1) is 14.6. The number of carbonyl (C=O) groups excluding carboxylic acids is 1. The van der Waals surface area contributed by atoms with E-state index in [1.54, 1.807) is 14.2 Å². The van der Waals surface area contributed by atoms with Crippen LogP contribution in [0.15, 0.2) is 59.6 Å². The standard InChI is InChI=1S/C22H23N3O4S/c1-4-29-17-8-6-16(7-9-17)23-21(26)14-30-22-12-10-18(24-25-22)15-5-11-19(27-2)20(13-15)28-3/h5-13H,4,14H2,1-3H3,(H,23,26). The van der Waals surface area contributed by atoms with Crippen LogP contribution in [0.25, 0.3) is 11.3 Å². The number of benzene rings is 2. The van der Waals surface area contributed by atoms with E-state index in [1.165, 1.54) is 11.8 Å². The molecule has 1 N–H and O–H groups in total. The molecule has 0 spiro atoms.